The molecule has 17 heavy (non-hydrogen) atoms. The van der Waals surface area contributed by atoms with Crippen molar-refractivity contribution < 1.29 is 9.53 Å². The first-order valence-electron chi connectivity index (χ1n) is 6.13. The number of amides is 1. The van der Waals surface area contributed by atoms with Gasteiger partial charge in [-0.3, -0.25) is 4.79 Å². The molecule has 0 unspecified atom stereocenters. The van der Waals surface area contributed by atoms with Crippen LogP contribution in [0.5, 0.6) is 5.75 Å². The number of hydrogen-bond donors (Lipinski definition) is 0. The van der Waals surface area contributed by atoms with E-state index >= 15 is 0 Å². The lowest BCUT2D eigenvalue weighted by atomic mass is 10.1. The Balaban J connectivity index is 2.37. The number of hydrogen-bond acceptors (Lipinski definition) is 2. The number of rotatable bonds is 4. The summed E-state index contributed by atoms with van der Waals surface area (Å²) in [6, 6.07) is 5.80. The standard InChI is InChI=1S/C14H19NO2/c1-4-10-6-5-7-12(14(16)15(2)3)13(10)17-11-8-9-11/h5-7,11H,4,8-9H2,1-3H3. The summed E-state index contributed by atoms with van der Waals surface area (Å²) in [5.74, 6) is 0.798. The normalized spacial score (nSPS) is 14.5. The van der Waals surface area contributed by atoms with Crippen LogP contribution >= 0.6 is 0 Å². The van der Waals surface area contributed by atoms with E-state index < -0.39 is 0 Å². The molecule has 1 saturated carbocycles. The van der Waals surface area contributed by atoms with Crippen LogP contribution in [0, 0.1) is 0 Å². The first-order chi connectivity index (χ1) is 8.13. The van der Waals surface area contributed by atoms with E-state index in [1.54, 1.807) is 19.0 Å². The van der Waals surface area contributed by atoms with Gasteiger partial charge in [-0.05, 0) is 30.9 Å². The topological polar surface area (TPSA) is 29.5 Å². The van der Waals surface area contributed by atoms with Crippen LogP contribution in [0.1, 0.15) is 35.7 Å². The molecule has 0 aromatic heterocycles. The molecule has 3 heteroatoms. The molecule has 0 N–H and O–H groups in total. The fourth-order valence-electron chi connectivity index (χ4n) is 1.76. The van der Waals surface area contributed by atoms with Crippen molar-refractivity contribution in [3.63, 3.8) is 0 Å². The lowest BCUT2D eigenvalue weighted by Crippen LogP contribution is -2.23. The third-order valence-corrected chi connectivity index (χ3v) is 2.92. The van der Waals surface area contributed by atoms with E-state index in [0.29, 0.717) is 11.7 Å². The van der Waals surface area contributed by atoms with Crippen molar-refractivity contribution in [1.29, 1.82) is 0 Å². The summed E-state index contributed by atoms with van der Waals surface area (Å²) in [6.45, 7) is 2.08. The highest BCUT2D eigenvalue weighted by atomic mass is 16.5. The average Bonchev–Trinajstić information content (AvgIpc) is 3.12. The smallest absolute Gasteiger partial charge is 0.257 e. The third-order valence-electron chi connectivity index (χ3n) is 2.92. The summed E-state index contributed by atoms with van der Waals surface area (Å²) in [4.78, 5) is 13.7. The molecule has 1 amide bonds. The zero-order chi connectivity index (χ0) is 12.4. The summed E-state index contributed by atoms with van der Waals surface area (Å²) in [6.07, 6.45) is 3.41. The van der Waals surface area contributed by atoms with Gasteiger partial charge in [0.05, 0.1) is 11.7 Å². The molecule has 0 bridgehead atoms. The Labute approximate surface area is 102 Å². The molecule has 1 aliphatic rings. The third kappa shape index (κ3) is 2.60. The fourth-order valence-corrected chi connectivity index (χ4v) is 1.76. The van der Waals surface area contributed by atoms with Gasteiger partial charge in [-0.1, -0.05) is 19.1 Å². The molecule has 0 spiro atoms. The Morgan fingerprint density at radius 3 is 2.65 bits per heavy atom. The lowest BCUT2D eigenvalue weighted by molar-refractivity contribution is 0.0822. The molecule has 1 aliphatic carbocycles. The predicted octanol–water partition coefficient (Wildman–Crippen LogP) is 2.49. The van der Waals surface area contributed by atoms with Gasteiger partial charge in [-0.25, -0.2) is 0 Å². The number of carbonyl (C=O) groups is 1. The Bertz CT molecular complexity index is 422. The molecule has 1 aromatic rings. The molecule has 3 nitrogen and oxygen atoms in total. The molecule has 0 heterocycles. The van der Waals surface area contributed by atoms with E-state index in [1.165, 1.54) is 0 Å². The van der Waals surface area contributed by atoms with Crippen molar-refractivity contribution in [2.75, 3.05) is 14.1 Å². The Kier molecular flexibility index (Phi) is 3.36. The molecule has 1 aromatic carbocycles. The SMILES string of the molecule is CCc1cccc(C(=O)N(C)C)c1OC1CC1. The summed E-state index contributed by atoms with van der Waals surface area (Å²) in [5, 5.41) is 0. The van der Waals surface area contributed by atoms with Crippen molar-refractivity contribution in [3.05, 3.63) is 29.3 Å². The van der Waals surface area contributed by atoms with Crippen LogP contribution in [0.25, 0.3) is 0 Å². The molecule has 0 radical (unpaired) electrons. The van der Waals surface area contributed by atoms with Crippen LogP contribution in [0.3, 0.4) is 0 Å². The highest BCUT2D eigenvalue weighted by molar-refractivity contribution is 5.97. The zero-order valence-corrected chi connectivity index (χ0v) is 10.7. The van der Waals surface area contributed by atoms with Gasteiger partial charge in [0, 0.05) is 14.1 Å². The fraction of sp³-hybridized carbons (Fsp3) is 0.500. The van der Waals surface area contributed by atoms with E-state index in [9.17, 15) is 4.79 Å². The molecular formula is C14H19NO2. The van der Waals surface area contributed by atoms with Crippen LogP contribution in [0.15, 0.2) is 18.2 Å². The van der Waals surface area contributed by atoms with E-state index in [2.05, 4.69) is 6.92 Å². The van der Waals surface area contributed by atoms with Crippen molar-refractivity contribution >= 4 is 5.91 Å². The van der Waals surface area contributed by atoms with Gasteiger partial charge in [0.1, 0.15) is 5.75 Å². The monoisotopic (exact) mass is 233 g/mol. The molecule has 1 fully saturated rings. The van der Waals surface area contributed by atoms with Gasteiger partial charge >= 0.3 is 0 Å². The molecule has 2 rings (SSSR count). The maximum absolute atomic E-state index is 12.1. The van der Waals surface area contributed by atoms with Crippen LogP contribution in [-0.2, 0) is 6.42 Å². The minimum absolute atomic E-state index is 0.0101. The van der Waals surface area contributed by atoms with Crippen LogP contribution in [0.2, 0.25) is 0 Å². The van der Waals surface area contributed by atoms with Gasteiger partial charge in [0.25, 0.3) is 5.91 Å². The molecule has 92 valence electrons. The van der Waals surface area contributed by atoms with Gasteiger partial charge in [-0.15, -0.1) is 0 Å². The van der Waals surface area contributed by atoms with Crippen molar-refractivity contribution in [3.8, 4) is 5.75 Å². The van der Waals surface area contributed by atoms with E-state index in [-0.39, 0.29) is 5.91 Å². The van der Waals surface area contributed by atoms with Crippen LogP contribution in [-0.4, -0.2) is 31.0 Å². The molecule has 0 atom stereocenters. The van der Waals surface area contributed by atoms with Gasteiger partial charge in [0.2, 0.25) is 0 Å². The highest BCUT2D eigenvalue weighted by Gasteiger charge is 2.27. The first kappa shape index (κ1) is 12.0. The van der Waals surface area contributed by atoms with E-state index in [0.717, 1.165) is 30.6 Å². The van der Waals surface area contributed by atoms with Gasteiger partial charge in [0.15, 0.2) is 0 Å². The van der Waals surface area contributed by atoms with Crippen LogP contribution < -0.4 is 4.74 Å². The Morgan fingerprint density at radius 2 is 2.12 bits per heavy atom. The second-order valence-electron chi connectivity index (χ2n) is 4.66. The summed E-state index contributed by atoms with van der Waals surface area (Å²) >= 11 is 0. The average molecular weight is 233 g/mol. The van der Waals surface area contributed by atoms with E-state index in [1.807, 2.05) is 18.2 Å². The first-order valence-corrected chi connectivity index (χ1v) is 6.13. The van der Waals surface area contributed by atoms with Crippen molar-refractivity contribution in [2.45, 2.75) is 32.3 Å². The quantitative estimate of drug-likeness (QED) is 0.799. The van der Waals surface area contributed by atoms with Gasteiger partial charge < -0.3 is 9.64 Å². The predicted molar refractivity (Wildman–Crippen MR) is 67.5 cm³/mol. The number of aryl methyl sites for hydroxylation is 1. The highest BCUT2D eigenvalue weighted by Crippen LogP contribution is 2.32. The van der Waals surface area contributed by atoms with Crippen molar-refractivity contribution in [1.82, 2.24) is 4.90 Å². The minimum atomic E-state index is 0.0101. The van der Waals surface area contributed by atoms with Gasteiger partial charge in [-0.2, -0.15) is 0 Å². The lowest BCUT2D eigenvalue weighted by Gasteiger charge is -2.17. The number of carbonyl (C=O) groups excluding carboxylic acids is 1. The molecular weight excluding hydrogens is 214 g/mol. The Morgan fingerprint density at radius 1 is 1.41 bits per heavy atom. The van der Waals surface area contributed by atoms with E-state index in [4.69, 9.17) is 4.74 Å². The summed E-state index contributed by atoms with van der Waals surface area (Å²) in [5.41, 5.74) is 1.80. The molecule has 0 saturated heterocycles. The number of para-hydroxylation sites is 1. The second kappa shape index (κ2) is 4.78. The van der Waals surface area contributed by atoms with Crippen LogP contribution in [0.4, 0.5) is 0 Å². The maximum Gasteiger partial charge on any atom is 0.257 e. The summed E-state index contributed by atoms with van der Waals surface area (Å²) < 4.78 is 5.90. The number of benzene rings is 1. The summed E-state index contributed by atoms with van der Waals surface area (Å²) in [7, 11) is 3.53. The van der Waals surface area contributed by atoms with Crippen molar-refractivity contribution in [2.24, 2.45) is 0 Å². The Hall–Kier alpha value is -1.51. The largest absolute Gasteiger partial charge is 0.489 e. The number of ether oxygens (including phenoxy) is 1. The molecule has 0 aliphatic heterocycles. The number of nitrogens with zero attached hydrogens (tertiary/aromatic N) is 1. The minimum Gasteiger partial charge on any atom is -0.489 e. The maximum atomic E-state index is 12.1. The second-order valence-corrected chi connectivity index (χ2v) is 4.66. The zero-order valence-electron chi connectivity index (χ0n) is 10.7.